The molecule has 1 fully saturated rings. The maximum Gasteiger partial charge on any atom is 0.387 e. The van der Waals surface area contributed by atoms with Gasteiger partial charge in [-0.1, -0.05) is 12.1 Å². The van der Waals surface area contributed by atoms with Gasteiger partial charge in [-0.25, -0.2) is 0 Å². The van der Waals surface area contributed by atoms with Crippen LogP contribution in [0.2, 0.25) is 0 Å². The van der Waals surface area contributed by atoms with Crippen molar-refractivity contribution in [3.63, 3.8) is 0 Å². The topological polar surface area (TPSA) is 24.5 Å². The number of rotatable bonds is 8. The Morgan fingerprint density at radius 1 is 1.32 bits per heavy atom. The number of likely N-dealkylation sites (N-methyl/N-ethyl adjacent to an activating group) is 1. The van der Waals surface area contributed by atoms with Crippen LogP contribution in [-0.2, 0) is 6.54 Å². The number of nitrogens with zero attached hydrogens (tertiary/aromatic N) is 1. The fraction of sp³-hybridized carbons (Fsp3) is 0.571. The van der Waals surface area contributed by atoms with Gasteiger partial charge in [-0.2, -0.15) is 8.78 Å². The highest BCUT2D eigenvalue weighted by molar-refractivity contribution is 5.27. The van der Waals surface area contributed by atoms with Crippen LogP contribution < -0.4 is 10.1 Å². The Morgan fingerprint density at radius 2 is 2.00 bits per heavy atom. The normalized spacial score (nSPS) is 15.2. The van der Waals surface area contributed by atoms with Gasteiger partial charge in [0.05, 0.1) is 0 Å². The van der Waals surface area contributed by atoms with E-state index in [1.54, 1.807) is 12.1 Å². The van der Waals surface area contributed by atoms with E-state index in [1.807, 2.05) is 12.1 Å². The zero-order chi connectivity index (χ0) is 13.7. The molecule has 19 heavy (non-hydrogen) atoms. The van der Waals surface area contributed by atoms with E-state index in [1.165, 1.54) is 12.8 Å². The van der Waals surface area contributed by atoms with E-state index in [-0.39, 0.29) is 5.75 Å². The lowest BCUT2D eigenvalue weighted by atomic mass is 10.2. The fourth-order valence-corrected chi connectivity index (χ4v) is 1.91. The summed E-state index contributed by atoms with van der Waals surface area (Å²) in [5, 5.41) is 3.46. The summed E-state index contributed by atoms with van der Waals surface area (Å²) in [4.78, 5) is 2.21. The van der Waals surface area contributed by atoms with Crippen molar-refractivity contribution in [2.45, 2.75) is 32.0 Å². The molecule has 0 heterocycles. The number of benzene rings is 1. The molecule has 0 spiro atoms. The summed E-state index contributed by atoms with van der Waals surface area (Å²) in [5.74, 6) is 0.205. The lowest BCUT2D eigenvalue weighted by Crippen LogP contribution is -2.30. The van der Waals surface area contributed by atoms with Crippen LogP contribution in [0, 0.1) is 0 Å². The van der Waals surface area contributed by atoms with Crippen molar-refractivity contribution in [1.82, 2.24) is 10.2 Å². The molecule has 1 N–H and O–H groups in total. The van der Waals surface area contributed by atoms with Crippen LogP contribution in [0.15, 0.2) is 24.3 Å². The molecule has 1 aromatic rings. The molecule has 1 aliphatic carbocycles. The van der Waals surface area contributed by atoms with E-state index >= 15 is 0 Å². The Labute approximate surface area is 112 Å². The van der Waals surface area contributed by atoms with Crippen molar-refractivity contribution >= 4 is 0 Å². The van der Waals surface area contributed by atoms with Crippen LogP contribution in [0.4, 0.5) is 8.78 Å². The number of alkyl halides is 2. The van der Waals surface area contributed by atoms with Crippen LogP contribution in [0.1, 0.15) is 18.4 Å². The van der Waals surface area contributed by atoms with Crippen molar-refractivity contribution in [3.05, 3.63) is 29.8 Å². The SMILES string of the molecule is CN(CCNC1CC1)Cc1ccc(OC(F)F)cc1. The second-order valence-corrected chi connectivity index (χ2v) is 4.99. The minimum atomic E-state index is -2.76. The maximum atomic E-state index is 12.0. The molecule has 0 bridgehead atoms. The molecule has 1 aliphatic rings. The average Bonchev–Trinajstić information content (AvgIpc) is 3.15. The molecule has 1 saturated carbocycles. The minimum absolute atomic E-state index is 0.205. The third-order valence-electron chi connectivity index (χ3n) is 3.10. The summed E-state index contributed by atoms with van der Waals surface area (Å²) in [7, 11) is 2.05. The molecule has 0 saturated heterocycles. The number of hydrogen-bond donors (Lipinski definition) is 1. The Bertz CT molecular complexity index is 380. The first-order valence-corrected chi connectivity index (χ1v) is 6.59. The van der Waals surface area contributed by atoms with Crippen molar-refractivity contribution in [1.29, 1.82) is 0 Å². The molecule has 106 valence electrons. The van der Waals surface area contributed by atoms with Gasteiger partial charge in [-0.15, -0.1) is 0 Å². The summed E-state index contributed by atoms with van der Waals surface area (Å²) in [5.41, 5.74) is 1.09. The van der Waals surface area contributed by atoms with Crippen LogP contribution in [-0.4, -0.2) is 37.7 Å². The average molecular weight is 270 g/mol. The van der Waals surface area contributed by atoms with E-state index in [0.29, 0.717) is 0 Å². The Kier molecular flexibility index (Phi) is 5.10. The number of hydrogen-bond acceptors (Lipinski definition) is 3. The highest BCUT2D eigenvalue weighted by Gasteiger charge is 2.19. The van der Waals surface area contributed by atoms with Crippen LogP contribution >= 0.6 is 0 Å². The largest absolute Gasteiger partial charge is 0.435 e. The molecule has 5 heteroatoms. The molecule has 0 aliphatic heterocycles. The highest BCUT2D eigenvalue weighted by Crippen LogP contribution is 2.18. The fourth-order valence-electron chi connectivity index (χ4n) is 1.91. The molecule has 0 amide bonds. The quantitative estimate of drug-likeness (QED) is 0.785. The Hall–Kier alpha value is -1.20. The smallest absolute Gasteiger partial charge is 0.387 e. The minimum Gasteiger partial charge on any atom is -0.435 e. The van der Waals surface area contributed by atoms with Gasteiger partial charge in [0.2, 0.25) is 0 Å². The Morgan fingerprint density at radius 3 is 2.58 bits per heavy atom. The van der Waals surface area contributed by atoms with E-state index in [2.05, 4.69) is 22.0 Å². The molecule has 2 rings (SSSR count). The zero-order valence-corrected chi connectivity index (χ0v) is 11.1. The summed E-state index contributed by atoms with van der Waals surface area (Å²) in [6.07, 6.45) is 2.60. The lowest BCUT2D eigenvalue weighted by molar-refractivity contribution is -0.0498. The summed E-state index contributed by atoms with van der Waals surface area (Å²) >= 11 is 0. The summed E-state index contributed by atoms with van der Waals surface area (Å²) < 4.78 is 28.3. The molecule has 3 nitrogen and oxygen atoms in total. The number of halogens is 2. The van der Waals surface area contributed by atoms with Gasteiger partial charge in [-0.3, -0.25) is 0 Å². The molecule has 1 aromatic carbocycles. The van der Waals surface area contributed by atoms with Gasteiger partial charge in [0.1, 0.15) is 5.75 Å². The van der Waals surface area contributed by atoms with Crippen molar-refractivity contribution < 1.29 is 13.5 Å². The van der Waals surface area contributed by atoms with E-state index < -0.39 is 6.61 Å². The lowest BCUT2D eigenvalue weighted by Gasteiger charge is -2.17. The molecule has 0 aromatic heterocycles. The third kappa shape index (κ3) is 5.53. The third-order valence-corrected chi connectivity index (χ3v) is 3.10. The van der Waals surface area contributed by atoms with Crippen molar-refractivity contribution in [3.8, 4) is 5.75 Å². The second kappa shape index (κ2) is 6.82. The van der Waals surface area contributed by atoms with Gasteiger partial charge in [0, 0.05) is 25.7 Å². The van der Waals surface area contributed by atoms with Crippen LogP contribution in [0.5, 0.6) is 5.75 Å². The zero-order valence-electron chi connectivity index (χ0n) is 11.1. The molecular formula is C14H20F2N2O. The standard InChI is InChI=1S/C14H20F2N2O/c1-18(9-8-17-12-4-5-12)10-11-2-6-13(7-3-11)19-14(15)16/h2-3,6-7,12,14,17H,4-5,8-10H2,1H3. The summed E-state index contributed by atoms with van der Waals surface area (Å²) in [6, 6.07) is 7.54. The number of ether oxygens (including phenoxy) is 1. The second-order valence-electron chi connectivity index (χ2n) is 4.99. The highest BCUT2D eigenvalue weighted by atomic mass is 19.3. The van der Waals surface area contributed by atoms with Gasteiger partial charge in [0.15, 0.2) is 0 Å². The first-order chi connectivity index (χ1) is 9.13. The van der Waals surface area contributed by atoms with E-state index in [9.17, 15) is 8.78 Å². The predicted octanol–water partition coefficient (Wildman–Crippen LogP) is 2.47. The molecule has 0 radical (unpaired) electrons. The van der Waals surface area contributed by atoms with Crippen LogP contribution in [0.3, 0.4) is 0 Å². The number of nitrogens with one attached hydrogen (secondary N) is 1. The predicted molar refractivity (Wildman–Crippen MR) is 70.4 cm³/mol. The molecular weight excluding hydrogens is 250 g/mol. The van der Waals surface area contributed by atoms with E-state index in [4.69, 9.17) is 0 Å². The first kappa shape index (κ1) is 14.2. The van der Waals surface area contributed by atoms with E-state index in [0.717, 1.165) is 31.2 Å². The van der Waals surface area contributed by atoms with Gasteiger partial charge in [-0.05, 0) is 37.6 Å². The van der Waals surface area contributed by atoms with Gasteiger partial charge in [0.25, 0.3) is 0 Å². The maximum absolute atomic E-state index is 12.0. The van der Waals surface area contributed by atoms with Crippen LogP contribution in [0.25, 0.3) is 0 Å². The van der Waals surface area contributed by atoms with Gasteiger partial charge >= 0.3 is 6.61 Å². The monoisotopic (exact) mass is 270 g/mol. The van der Waals surface area contributed by atoms with Crippen molar-refractivity contribution in [2.24, 2.45) is 0 Å². The van der Waals surface area contributed by atoms with Crippen molar-refractivity contribution in [2.75, 3.05) is 20.1 Å². The Balaban J connectivity index is 1.71. The molecule has 0 atom stereocenters. The summed E-state index contributed by atoms with van der Waals surface area (Å²) in [6.45, 7) is 0.0166. The first-order valence-electron chi connectivity index (χ1n) is 6.59. The van der Waals surface area contributed by atoms with Gasteiger partial charge < -0.3 is 15.0 Å². The molecule has 0 unspecified atom stereocenters.